The molecular formula is C12H13F3N4OS. The summed E-state index contributed by atoms with van der Waals surface area (Å²) in [4.78, 5) is 21.3. The van der Waals surface area contributed by atoms with Gasteiger partial charge in [0.15, 0.2) is 10.9 Å². The molecule has 0 unspecified atom stereocenters. The molecule has 21 heavy (non-hydrogen) atoms. The Morgan fingerprint density at radius 3 is 2.71 bits per heavy atom. The van der Waals surface area contributed by atoms with Crippen LogP contribution in [0.15, 0.2) is 22.3 Å². The smallest absolute Gasteiger partial charge is 0.334 e. The third-order valence-electron chi connectivity index (χ3n) is 2.75. The molecule has 9 heteroatoms. The van der Waals surface area contributed by atoms with E-state index in [2.05, 4.69) is 15.0 Å². The Hall–Kier alpha value is -1.77. The summed E-state index contributed by atoms with van der Waals surface area (Å²) in [7, 11) is 0. The molecule has 0 aliphatic carbocycles. The maximum atomic E-state index is 12.9. The van der Waals surface area contributed by atoms with Gasteiger partial charge in [-0.25, -0.2) is 9.97 Å². The van der Waals surface area contributed by atoms with Crippen LogP contribution in [0.3, 0.4) is 0 Å². The van der Waals surface area contributed by atoms with Crippen LogP contribution in [-0.4, -0.2) is 19.5 Å². The van der Waals surface area contributed by atoms with Gasteiger partial charge < -0.3 is 9.55 Å². The predicted molar refractivity (Wildman–Crippen MR) is 72.1 cm³/mol. The van der Waals surface area contributed by atoms with Gasteiger partial charge in [0.1, 0.15) is 0 Å². The van der Waals surface area contributed by atoms with Crippen LogP contribution in [0.1, 0.15) is 24.0 Å². The minimum absolute atomic E-state index is 0.0229. The number of alkyl halides is 3. The fourth-order valence-corrected chi connectivity index (χ4v) is 2.78. The number of nitrogens with zero attached hydrogens (tertiary/aromatic N) is 3. The summed E-state index contributed by atoms with van der Waals surface area (Å²) in [6.45, 7) is 3.77. The van der Waals surface area contributed by atoms with Crippen molar-refractivity contribution in [3.8, 4) is 0 Å². The number of hydrogen-bond donors (Lipinski definition) is 1. The second-order valence-corrected chi connectivity index (χ2v) is 5.27. The fourth-order valence-electron chi connectivity index (χ4n) is 1.82. The van der Waals surface area contributed by atoms with Crippen molar-refractivity contribution in [2.24, 2.45) is 0 Å². The van der Waals surface area contributed by atoms with Crippen LogP contribution >= 0.6 is 11.8 Å². The van der Waals surface area contributed by atoms with E-state index in [-0.39, 0.29) is 22.2 Å². The minimum atomic E-state index is -4.50. The van der Waals surface area contributed by atoms with Crippen LogP contribution in [0.25, 0.3) is 0 Å². The summed E-state index contributed by atoms with van der Waals surface area (Å²) in [6, 6.07) is 1.32. The van der Waals surface area contributed by atoms with Crippen molar-refractivity contribution in [1.29, 1.82) is 0 Å². The summed E-state index contributed by atoms with van der Waals surface area (Å²) in [5.74, 6) is 0.0229. The van der Waals surface area contributed by atoms with Gasteiger partial charge in [0, 0.05) is 24.1 Å². The van der Waals surface area contributed by atoms with E-state index in [4.69, 9.17) is 0 Å². The average Bonchev–Trinajstić information content (AvgIpc) is 2.77. The zero-order chi connectivity index (χ0) is 15.6. The number of aromatic amines is 1. The number of thioether (sulfide) groups is 1. The average molecular weight is 318 g/mol. The number of hydrogen-bond acceptors (Lipinski definition) is 4. The summed E-state index contributed by atoms with van der Waals surface area (Å²) < 4.78 is 40.1. The Morgan fingerprint density at radius 1 is 1.43 bits per heavy atom. The van der Waals surface area contributed by atoms with E-state index in [0.717, 1.165) is 11.8 Å². The molecule has 0 aliphatic rings. The second-order valence-electron chi connectivity index (χ2n) is 4.30. The Morgan fingerprint density at radius 2 is 2.14 bits per heavy atom. The van der Waals surface area contributed by atoms with Gasteiger partial charge in [-0.05, 0) is 13.8 Å². The highest BCUT2D eigenvalue weighted by Gasteiger charge is 2.37. The molecule has 114 valence electrons. The second kappa shape index (κ2) is 5.92. The maximum Gasteiger partial charge on any atom is 0.435 e. The van der Waals surface area contributed by atoms with Crippen LogP contribution in [0.2, 0.25) is 0 Å². The molecule has 2 rings (SSSR count). The molecule has 1 N–H and O–H groups in total. The summed E-state index contributed by atoms with van der Waals surface area (Å²) in [5, 5.41) is 0.289. The highest BCUT2D eigenvalue weighted by molar-refractivity contribution is 7.98. The van der Waals surface area contributed by atoms with Crippen LogP contribution < -0.4 is 5.56 Å². The number of imidazole rings is 1. The van der Waals surface area contributed by atoms with Crippen molar-refractivity contribution in [2.45, 2.75) is 37.5 Å². The molecule has 0 aliphatic heterocycles. The first-order chi connectivity index (χ1) is 9.81. The number of aryl methyl sites for hydroxylation is 2. The van der Waals surface area contributed by atoms with E-state index in [1.54, 1.807) is 13.8 Å². The van der Waals surface area contributed by atoms with Gasteiger partial charge in [-0.1, -0.05) is 11.8 Å². The van der Waals surface area contributed by atoms with E-state index in [0.29, 0.717) is 12.2 Å². The lowest BCUT2D eigenvalue weighted by Gasteiger charge is -2.10. The van der Waals surface area contributed by atoms with Gasteiger partial charge in [-0.15, -0.1) is 0 Å². The molecule has 0 aromatic carbocycles. The highest BCUT2D eigenvalue weighted by atomic mass is 32.2. The summed E-state index contributed by atoms with van der Waals surface area (Å²) >= 11 is 1.04. The zero-order valence-corrected chi connectivity index (χ0v) is 12.2. The Balaban J connectivity index is 2.27. The standard InChI is InChI=1S/C12H13F3N4OS/c1-3-19-6-16-10(12(13,14)15)8(19)5-21-11-17-7(2)4-9(20)18-11/h4,6H,3,5H2,1-2H3,(H,17,18,20). The quantitative estimate of drug-likeness (QED) is 0.695. The lowest BCUT2D eigenvalue weighted by atomic mass is 10.3. The zero-order valence-electron chi connectivity index (χ0n) is 11.4. The van der Waals surface area contributed by atoms with E-state index in [9.17, 15) is 18.0 Å². The highest BCUT2D eigenvalue weighted by Crippen LogP contribution is 2.33. The Labute approximate surface area is 122 Å². The fraction of sp³-hybridized carbons (Fsp3) is 0.417. The monoisotopic (exact) mass is 318 g/mol. The van der Waals surface area contributed by atoms with Gasteiger partial charge in [0.25, 0.3) is 5.56 Å². The number of rotatable bonds is 4. The molecule has 0 atom stereocenters. The van der Waals surface area contributed by atoms with Crippen LogP contribution in [0, 0.1) is 6.92 Å². The molecule has 2 aromatic heterocycles. The van der Waals surface area contributed by atoms with Gasteiger partial charge in [-0.2, -0.15) is 13.2 Å². The number of aromatic nitrogens is 4. The van der Waals surface area contributed by atoms with Crippen molar-refractivity contribution >= 4 is 11.8 Å². The molecule has 0 amide bonds. The largest absolute Gasteiger partial charge is 0.435 e. The molecular weight excluding hydrogens is 305 g/mol. The summed E-state index contributed by atoms with van der Waals surface area (Å²) in [6.07, 6.45) is -3.32. The number of halogens is 3. The van der Waals surface area contributed by atoms with E-state index < -0.39 is 11.9 Å². The molecule has 0 radical (unpaired) electrons. The molecule has 0 spiro atoms. The van der Waals surface area contributed by atoms with Crippen LogP contribution in [0.4, 0.5) is 13.2 Å². The molecule has 0 bridgehead atoms. The first kappa shape index (κ1) is 15.6. The lowest BCUT2D eigenvalue weighted by Crippen LogP contribution is -2.12. The molecule has 0 fully saturated rings. The third-order valence-corrected chi connectivity index (χ3v) is 3.63. The minimum Gasteiger partial charge on any atom is -0.334 e. The van der Waals surface area contributed by atoms with Crippen LogP contribution in [0.5, 0.6) is 0 Å². The first-order valence-electron chi connectivity index (χ1n) is 6.13. The molecule has 0 saturated heterocycles. The summed E-state index contributed by atoms with van der Waals surface area (Å²) in [5.41, 5.74) is -0.641. The Bertz CT molecular complexity index is 693. The van der Waals surface area contributed by atoms with E-state index in [1.165, 1.54) is 17.0 Å². The van der Waals surface area contributed by atoms with Crippen LogP contribution in [-0.2, 0) is 18.5 Å². The molecule has 5 nitrogen and oxygen atoms in total. The molecule has 2 aromatic rings. The lowest BCUT2D eigenvalue weighted by molar-refractivity contribution is -0.141. The maximum absolute atomic E-state index is 12.9. The first-order valence-corrected chi connectivity index (χ1v) is 7.11. The van der Waals surface area contributed by atoms with Crippen molar-refractivity contribution in [1.82, 2.24) is 19.5 Å². The van der Waals surface area contributed by atoms with Crippen molar-refractivity contribution in [3.63, 3.8) is 0 Å². The van der Waals surface area contributed by atoms with Gasteiger partial charge >= 0.3 is 6.18 Å². The van der Waals surface area contributed by atoms with E-state index in [1.807, 2.05) is 0 Å². The topological polar surface area (TPSA) is 63.6 Å². The van der Waals surface area contributed by atoms with Crippen molar-refractivity contribution in [2.75, 3.05) is 0 Å². The van der Waals surface area contributed by atoms with Crippen molar-refractivity contribution in [3.05, 3.63) is 39.8 Å². The Kier molecular flexibility index (Phi) is 4.40. The van der Waals surface area contributed by atoms with E-state index >= 15 is 0 Å². The van der Waals surface area contributed by atoms with Crippen molar-refractivity contribution < 1.29 is 13.2 Å². The van der Waals surface area contributed by atoms with Gasteiger partial charge in [0.05, 0.1) is 12.0 Å². The third kappa shape index (κ3) is 3.66. The number of H-pyrrole nitrogens is 1. The normalized spacial score (nSPS) is 11.9. The number of nitrogens with one attached hydrogen (secondary N) is 1. The molecule has 0 saturated carbocycles. The predicted octanol–water partition coefficient (Wildman–Crippen LogP) is 2.61. The molecule has 2 heterocycles. The van der Waals surface area contributed by atoms with Gasteiger partial charge in [-0.3, -0.25) is 4.79 Å². The van der Waals surface area contributed by atoms with Gasteiger partial charge in [0.2, 0.25) is 0 Å². The SMILES string of the molecule is CCn1cnc(C(F)(F)F)c1CSc1nc(C)cc(=O)[nH]1.